The first kappa shape index (κ1) is 41.5. The van der Waals surface area contributed by atoms with Gasteiger partial charge in [-0.3, -0.25) is 14.6 Å². The summed E-state index contributed by atoms with van der Waals surface area (Å²) < 4.78 is 53.5. The number of alkyl carbamates (subject to hydrolysis) is 1. The van der Waals surface area contributed by atoms with Crippen molar-refractivity contribution in [3.8, 4) is 34.8 Å². The third-order valence-electron chi connectivity index (χ3n) is 11.9. The molecule has 0 aliphatic carbocycles. The average Bonchev–Trinajstić information content (AvgIpc) is 3.73. The second-order valence-corrected chi connectivity index (χ2v) is 16.5. The van der Waals surface area contributed by atoms with Crippen molar-refractivity contribution in [2.45, 2.75) is 75.3 Å². The molecule has 0 spiro atoms. The summed E-state index contributed by atoms with van der Waals surface area (Å²) in [4.78, 5) is 44.6. The molecule has 6 heterocycles. The number of fused-ring (bicyclic) bond motifs is 10. The molecule has 6 aliphatic heterocycles. The lowest BCUT2D eigenvalue weighted by molar-refractivity contribution is -0.151. The average molecular weight is 845 g/mol. The fourth-order valence-electron chi connectivity index (χ4n) is 9.40. The van der Waals surface area contributed by atoms with Crippen LogP contribution in [0.1, 0.15) is 63.2 Å². The Balaban J connectivity index is 1.29. The van der Waals surface area contributed by atoms with Crippen LogP contribution >= 0.6 is 11.8 Å². The number of benzene rings is 3. The maximum Gasteiger partial charge on any atom is 0.408 e. The summed E-state index contributed by atoms with van der Waals surface area (Å²) in [5.74, 6) is 1.06. The molecule has 9 rings (SSSR count). The third-order valence-corrected chi connectivity index (χ3v) is 13.3. The molecule has 1 unspecified atom stereocenters. The van der Waals surface area contributed by atoms with Crippen LogP contribution in [0, 0.1) is 25.2 Å². The summed E-state index contributed by atoms with van der Waals surface area (Å²) in [5, 5.41) is 13.3. The molecule has 2 fully saturated rings. The van der Waals surface area contributed by atoms with Crippen LogP contribution in [0.2, 0.25) is 0 Å². The highest BCUT2D eigenvalue weighted by Crippen LogP contribution is 2.64. The van der Waals surface area contributed by atoms with Crippen LogP contribution in [0.4, 0.5) is 4.79 Å². The van der Waals surface area contributed by atoms with Crippen LogP contribution in [0.25, 0.3) is 0 Å². The number of ether oxygens (including phenoxy) is 9. The van der Waals surface area contributed by atoms with Gasteiger partial charge in [0.1, 0.15) is 31.0 Å². The number of piperazine rings is 1. The lowest BCUT2D eigenvalue weighted by atomic mass is 9.71. The minimum absolute atomic E-state index is 0.00377. The largest absolute Gasteiger partial charge is 0.493 e. The van der Waals surface area contributed by atoms with Gasteiger partial charge >= 0.3 is 18.0 Å². The maximum atomic E-state index is 14.0. The van der Waals surface area contributed by atoms with Crippen LogP contribution in [-0.2, 0) is 41.6 Å². The van der Waals surface area contributed by atoms with Gasteiger partial charge in [-0.05, 0) is 44.0 Å². The molecule has 0 saturated carbocycles. The van der Waals surface area contributed by atoms with Gasteiger partial charge in [0.2, 0.25) is 6.79 Å². The molecule has 7 atom stereocenters. The Hall–Kier alpha value is -5.25. The van der Waals surface area contributed by atoms with Crippen LogP contribution in [0.15, 0.2) is 36.4 Å². The van der Waals surface area contributed by atoms with Gasteiger partial charge in [0.05, 0.1) is 43.7 Å². The smallest absolute Gasteiger partial charge is 0.408 e. The Morgan fingerprint density at radius 3 is 2.53 bits per heavy atom. The van der Waals surface area contributed by atoms with Crippen molar-refractivity contribution in [3.05, 3.63) is 75.3 Å². The van der Waals surface area contributed by atoms with E-state index in [2.05, 4.69) is 27.3 Å². The van der Waals surface area contributed by atoms with Crippen molar-refractivity contribution in [2.75, 3.05) is 60.4 Å². The Morgan fingerprint density at radius 1 is 1.02 bits per heavy atom. The molecule has 4 bridgehead atoms. The summed E-state index contributed by atoms with van der Waals surface area (Å²) in [7, 11) is 5.21. The summed E-state index contributed by atoms with van der Waals surface area (Å²) in [5.41, 5.74) is 5.36. The van der Waals surface area contributed by atoms with Crippen molar-refractivity contribution < 1.29 is 57.0 Å². The summed E-state index contributed by atoms with van der Waals surface area (Å²) >= 11 is 1.38. The van der Waals surface area contributed by atoms with Gasteiger partial charge in [0.15, 0.2) is 29.8 Å². The number of likely N-dealkylation sites (N-methyl/N-ethyl adjacent to an activating group) is 1. The SMILES string of the molecule is COCCOCOc1c(OC)c(C)cc2c1[C@@H]1C3[C@@H]4SC[C@H](NC(=O)OCc5ccccc5)C(=O)OC[C@@H](c5c6c(c(C)c(OC(C)=O)c54)OCO6)N3[C@@H](C#N)[C@H](C2)N1C. The summed E-state index contributed by atoms with van der Waals surface area (Å²) in [6.45, 7) is 5.45. The van der Waals surface area contributed by atoms with E-state index in [0.29, 0.717) is 65.1 Å². The molecule has 0 aromatic heterocycles. The van der Waals surface area contributed by atoms with E-state index in [9.17, 15) is 19.6 Å². The lowest BCUT2D eigenvalue weighted by Crippen LogP contribution is -2.69. The van der Waals surface area contributed by atoms with Crippen molar-refractivity contribution in [1.82, 2.24) is 15.1 Å². The molecule has 1 N–H and O–H groups in total. The lowest BCUT2D eigenvalue weighted by Gasteiger charge is -2.61. The fraction of sp³-hybridized carbons (Fsp3) is 0.488. The highest BCUT2D eigenvalue weighted by molar-refractivity contribution is 7.99. The predicted octanol–water partition coefficient (Wildman–Crippen LogP) is 4.82. The van der Waals surface area contributed by atoms with E-state index in [-0.39, 0.29) is 38.6 Å². The van der Waals surface area contributed by atoms with Crippen LogP contribution in [0.5, 0.6) is 28.7 Å². The standard InChI is InChI=1S/C43H48N4O12S/c1-22-14-26-15-28-29(16-44)47-30-18-54-42(49)27(45-43(50)55-17-25-10-8-7-9-11-25)19-60-41(33-32(30)40-38(57-21-58-40)23(2)37(33)59-24(3)48)35(47)34(46(28)4)31(26)39(36(22)52-6)56-20-53-13-12-51-5/h7-11,14,27-30,34-35,41H,12-13,15,17-21H2,1-6H3,(H,45,50)/t27-,28-,29-,30-,34+,35?,41+/m0/s1. The molecule has 0 radical (unpaired) electrons. The van der Waals surface area contributed by atoms with Gasteiger partial charge in [0, 0.05) is 54.1 Å². The van der Waals surface area contributed by atoms with E-state index in [0.717, 1.165) is 22.3 Å². The van der Waals surface area contributed by atoms with E-state index in [1.54, 1.807) is 14.2 Å². The number of carbonyl (C=O) groups excluding carboxylic acids is 3. The number of esters is 2. The first-order valence-corrected chi connectivity index (χ1v) is 20.8. The highest BCUT2D eigenvalue weighted by atomic mass is 32.2. The summed E-state index contributed by atoms with van der Waals surface area (Å²) in [6.07, 6.45) is -0.276. The van der Waals surface area contributed by atoms with E-state index in [4.69, 9.17) is 42.6 Å². The number of thioether (sulfide) groups is 1. The van der Waals surface area contributed by atoms with Crippen molar-refractivity contribution in [2.24, 2.45) is 0 Å². The molecule has 1 amide bonds. The molecular weight excluding hydrogens is 797 g/mol. The number of amides is 1. The van der Waals surface area contributed by atoms with Gasteiger partial charge in [-0.2, -0.15) is 5.26 Å². The molecule has 318 valence electrons. The van der Waals surface area contributed by atoms with E-state index in [1.807, 2.05) is 51.2 Å². The zero-order chi connectivity index (χ0) is 42.2. The summed E-state index contributed by atoms with van der Waals surface area (Å²) in [6, 6.07) is 10.1. The number of nitrogens with one attached hydrogen (secondary N) is 1. The van der Waals surface area contributed by atoms with Crippen molar-refractivity contribution in [1.29, 1.82) is 5.26 Å². The number of carbonyl (C=O) groups is 3. The Bertz CT molecular complexity index is 2200. The molecule has 3 aromatic carbocycles. The number of nitriles is 1. The first-order chi connectivity index (χ1) is 29.1. The predicted molar refractivity (Wildman–Crippen MR) is 215 cm³/mol. The normalized spacial score (nSPS) is 25.1. The Kier molecular flexibility index (Phi) is 12.0. The van der Waals surface area contributed by atoms with Gasteiger partial charge in [-0.25, -0.2) is 9.59 Å². The topological polar surface area (TPSA) is 177 Å². The number of nitrogens with zero attached hydrogens (tertiary/aromatic N) is 3. The number of rotatable bonds is 11. The molecule has 3 aromatic rings. The Labute approximate surface area is 352 Å². The number of aryl methyl sites for hydroxylation is 1. The number of hydrogen-bond donors (Lipinski definition) is 1. The van der Waals surface area contributed by atoms with E-state index >= 15 is 0 Å². The van der Waals surface area contributed by atoms with Gasteiger partial charge in [0.25, 0.3) is 0 Å². The van der Waals surface area contributed by atoms with Crippen molar-refractivity contribution in [3.63, 3.8) is 0 Å². The van der Waals surface area contributed by atoms with E-state index < -0.39 is 53.5 Å². The fourth-order valence-corrected chi connectivity index (χ4v) is 10.9. The van der Waals surface area contributed by atoms with Crippen LogP contribution in [-0.4, -0.2) is 112 Å². The molecule has 2 saturated heterocycles. The highest BCUT2D eigenvalue weighted by Gasteiger charge is 2.61. The van der Waals surface area contributed by atoms with E-state index in [1.165, 1.54) is 18.7 Å². The maximum absolute atomic E-state index is 14.0. The van der Waals surface area contributed by atoms with Crippen LogP contribution < -0.4 is 29.0 Å². The third kappa shape index (κ3) is 7.34. The minimum atomic E-state index is -1.12. The zero-order valence-corrected chi connectivity index (χ0v) is 35.1. The van der Waals surface area contributed by atoms with Gasteiger partial charge in [-0.15, -0.1) is 11.8 Å². The molecule has 16 nitrogen and oxygen atoms in total. The van der Waals surface area contributed by atoms with Crippen molar-refractivity contribution >= 4 is 29.8 Å². The molecule has 60 heavy (non-hydrogen) atoms. The molecular formula is C43H48N4O12S. The quantitative estimate of drug-likeness (QED) is 0.120. The number of hydrogen-bond acceptors (Lipinski definition) is 16. The first-order valence-electron chi connectivity index (χ1n) is 19.8. The molecule has 6 aliphatic rings. The van der Waals surface area contributed by atoms with Gasteiger partial charge in [-0.1, -0.05) is 36.4 Å². The second-order valence-electron chi connectivity index (χ2n) is 15.3. The van der Waals surface area contributed by atoms with Crippen LogP contribution in [0.3, 0.4) is 0 Å². The monoisotopic (exact) mass is 844 g/mol. The minimum Gasteiger partial charge on any atom is -0.493 e. The van der Waals surface area contributed by atoms with Gasteiger partial charge < -0.3 is 47.9 Å². The Morgan fingerprint density at radius 2 is 1.80 bits per heavy atom. The zero-order valence-electron chi connectivity index (χ0n) is 34.3. The molecule has 17 heteroatoms. The second kappa shape index (κ2) is 17.4. The number of methoxy groups -OCH3 is 2.